The highest BCUT2D eigenvalue weighted by Crippen LogP contribution is 2.34. The minimum absolute atomic E-state index is 0.305. The van der Waals surface area contributed by atoms with Gasteiger partial charge in [-0.05, 0) is 24.8 Å². The summed E-state index contributed by atoms with van der Waals surface area (Å²) in [5.41, 5.74) is 4.21. The van der Waals surface area contributed by atoms with Gasteiger partial charge in [0.2, 0.25) is 5.88 Å². The molecule has 1 saturated heterocycles. The van der Waals surface area contributed by atoms with E-state index in [1.54, 1.807) is 7.11 Å². The van der Waals surface area contributed by atoms with E-state index < -0.39 is 6.10 Å². The van der Waals surface area contributed by atoms with E-state index in [0.29, 0.717) is 19.7 Å². The quantitative estimate of drug-likeness (QED) is 0.511. The van der Waals surface area contributed by atoms with Gasteiger partial charge in [0.25, 0.3) is 0 Å². The standard InChI is InChI=1S/C26H33N3O3/c1-31-20-23(30)18-28(17-21-11-5-2-6-12-21)19-24-25(22-13-7-3-8-14-22)27-32-26(24)29-15-9-4-10-16-29/h2-3,5-8,11-14,23,30H,4,9-10,15-20H2,1H3/t23-/m1/s1. The molecule has 6 nitrogen and oxygen atoms in total. The highest BCUT2D eigenvalue weighted by molar-refractivity contribution is 5.68. The topological polar surface area (TPSA) is 62.0 Å². The number of hydrogen-bond donors (Lipinski definition) is 1. The lowest BCUT2D eigenvalue weighted by Crippen LogP contribution is -2.35. The van der Waals surface area contributed by atoms with Gasteiger partial charge in [-0.2, -0.15) is 0 Å². The minimum Gasteiger partial charge on any atom is -0.389 e. The maximum absolute atomic E-state index is 10.5. The van der Waals surface area contributed by atoms with Gasteiger partial charge in [-0.3, -0.25) is 4.90 Å². The molecule has 0 unspecified atom stereocenters. The van der Waals surface area contributed by atoms with Crippen molar-refractivity contribution in [3.8, 4) is 11.3 Å². The predicted octanol–water partition coefficient (Wildman–Crippen LogP) is 4.34. The molecule has 1 aromatic heterocycles. The monoisotopic (exact) mass is 435 g/mol. The van der Waals surface area contributed by atoms with Gasteiger partial charge in [0.1, 0.15) is 5.69 Å². The Morgan fingerprint density at radius 3 is 2.38 bits per heavy atom. The lowest BCUT2D eigenvalue weighted by atomic mass is 10.0. The normalized spacial score (nSPS) is 15.3. The number of benzene rings is 2. The third-order valence-electron chi connectivity index (χ3n) is 5.92. The smallest absolute Gasteiger partial charge is 0.232 e. The van der Waals surface area contributed by atoms with Crippen molar-refractivity contribution in [1.29, 1.82) is 0 Å². The molecule has 0 radical (unpaired) electrons. The number of aromatic nitrogens is 1. The largest absolute Gasteiger partial charge is 0.389 e. The molecule has 1 fully saturated rings. The first kappa shape index (κ1) is 22.5. The summed E-state index contributed by atoms with van der Waals surface area (Å²) < 4.78 is 11.1. The second kappa shape index (κ2) is 11.3. The molecule has 32 heavy (non-hydrogen) atoms. The van der Waals surface area contributed by atoms with E-state index in [0.717, 1.165) is 42.3 Å². The molecule has 3 aromatic rings. The van der Waals surface area contributed by atoms with Crippen LogP contribution in [0.5, 0.6) is 0 Å². The van der Waals surface area contributed by atoms with Crippen molar-refractivity contribution < 1.29 is 14.4 Å². The average molecular weight is 436 g/mol. The van der Waals surface area contributed by atoms with Crippen LogP contribution in [0.1, 0.15) is 30.4 Å². The van der Waals surface area contributed by atoms with E-state index in [2.05, 4.69) is 39.2 Å². The van der Waals surface area contributed by atoms with Crippen LogP contribution in [0.4, 0.5) is 5.88 Å². The Bertz CT molecular complexity index is 939. The summed E-state index contributed by atoms with van der Waals surface area (Å²) in [4.78, 5) is 4.58. The van der Waals surface area contributed by atoms with Gasteiger partial charge >= 0.3 is 0 Å². The number of methoxy groups -OCH3 is 1. The Hall–Kier alpha value is -2.67. The summed E-state index contributed by atoms with van der Waals surface area (Å²) in [5, 5.41) is 15.0. The molecule has 1 aliphatic rings. The zero-order chi connectivity index (χ0) is 22.2. The predicted molar refractivity (Wildman–Crippen MR) is 126 cm³/mol. The van der Waals surface area contributed by atoms with Crippen LogP contribution in [-0.2, 0) is 17.8 Å². The van der Waals surface area contributed by atoms with Crippen LogP contribution in [-0.4, -0.2) is 54.6 Å². The molecule has 6 heteroatoms. The maximum Gasteiger partial charge on any atom is 0.232 e. The zero-order valence-electron chi connectivity index (χ0n) is 18.8. The number of hydrogen-bond acceptors (Lipinski definition) is 6. The van der Waals surface area contributed by atoms with Crippen molar-refractivity contribution in [1.82, 2.24) is 10.1 Å². The molecular formula is C26H33N3O3. The molecule has 1 atom stereocenters. The first-order chi connectivity index (χ1) is 15.7. The Kier molecular flexibility index (Phi) is 7.93. The van der Waals surface area contributed by atoms with Crippen molar-refractivity contribution in [3.63, 3.8) is 0 Å². The number of rotatable bonds is 10. The van der Waals surface area contributed by atoms with Gasteiger partial charge in [0, 0.05) is 45.4 Å². The molecule has 1 N–H and O–H groups in total. The van der Waals surface area contributed by atoms with E-state index in [1.807, 2.05) is 36.4 Å². The summed E-state index contributed by atoms with van der Waals surface area (Å²) in [6.07, 6.45) is 3.03. The summed E-state index contributed by atoms with van der Waals surface area (Å²) in [7, 11) is 1.62. The minimum atomic E-state index is -0.567. The number of nitrogens with zero attached hydrogens (tertiary/aromatic N) is 3. The van der Waals surface area contributed by atoms with Crippen LogP contribution in [0.15, 0.2) is 65.2 Å². The van der Waals surface area contributed by atoms with Crippen LogP contribution in [0, 0.1) is 0 Å². The fraction of sp³-hybridized carbons (Fsp3) is 0.423. The van der Waals surface area contributed by atoms with Gasteiger partial charge in [-0.15, -0.1) is 0 Å². The highest BCUT2D eigenvalue weighted by atomic mass is 16.5. The molecule has 0 amide bonds. The highest BCUT2D eigenvalue weighted by Gasteiger charge is 2.26. The Morgan fingerprint density at radius 2 is 1.69 bits per heavy atom. The molecule has 2 aromatic carbocycles. The van der Waals surface area contributed by atoms with Crippen molar-refractivity contribution in [2.45, 2.75) is 38.5 Å². The Balaban J connectivity index is 1.66. The van der Waals surface area contributed by atoms with Gasteiger partial charge in [-0.1, -0.05) is 65.8 Å². The fourth-order valence-corrected chi connectivity index (χ4v) is 4.40. The zero-order valence-corrected chi connectivity index (χ0v) is 18.8. The van der Waals surface area contributed by atoms with Crippen LogP contribution < -0.4 is 4.90 Å². The molecule has 4 rings (SSSR count). The average Bonchev–Trinajstić information content (AvgIpc) is 3.24. The van der Waals surface area contributed by atoms with Crippen LogP contribution >= 0.6 is 0 Å². The maximum atomic E-state index is 10.5. The molecule has 0 bridgehead atoms. The van der Waals surface area contributed by atoms with Gasteiger partial charge in [-0.25, -0.2) is 0 Å². The van der Waals surface area contributed by atoms with Gasteiger partial charge in [0.15, 0.2) is 0 Å². The van der Waals surface area contributed by atoms with E-state index in [-0.39, 0.29) is 0 Å². The lowest BCUT2D eigenvalue weighted by Gasteiger charge is -2.29. The third-order valence-corrected chi connectivity index (χ3v) is 5.92. The molecular weight excluding hydrogens is 402 g/mol. The molecule has 2 heterocycles. The van der Waals surface area contributed by atoms with Crippen molar-refractivity contribution in [2.24, 2.45) is 0 Å². The second-order valence-corrected chi connectivity index (χ2v) is 8.49. The van der Waals surface area contributed by atoms with Crippen LogP contribution in [0.3, 0.4) is 0 Å². The van der Waals surface area contributed by atoms with Crippen molar-refractivity contribution in [3.05, 3.63) is 71.8 Å². The number of ether oxygens (including phenoxy) is 1. The third kappa shape index (κ3) is 5.76. The SMILES string of the molecule is COC[C@H](O)CN(Cc1ccccc1)Cc1c(-c2ccccc2)noc1N1CCCCC1. The van der Waals surface area contributed by atoms with E-state index in [4.69, 9.17) is 9.26 Å². The molecule has 0 spiro atoms. The van der Waals surface area contributed by atoms with Crippen molar-refractivity contribution in [2.75, 3.05) is 38.3 Å². The molecule has 0 saturated carbocycles. The summed E-state index contributed by atoms with van der Waals surface area (Å²) in [6.45, 7) is 4.14. The first-order valence-corrected chi connectivity index (χ1v) is 11.5. The van der Waals surface area contributed by atoms with E-state index >= 15 is 0 Å². The number of piperidine rings is 1. The van der Waals surface area contributed by atoms with Crippen molar-refractivity contribution >= 4 is 5.88 Å². The first-order valence-electron chi connectivity index (χ1n) is 11.5. The van der Waals surface area contributed by atoms with E-state index in [9.17, 15) is 5.11 Å². The Morgan fingerprint density at radius 1 is 1.00 bits per heavy atom. The molecule has 170 valence electrons. The lowest BCUT2D eigenvalue weighted by molar-refractivity contribution is 0.0338. The van der Waals surface area contributed by atoms with Gasteiger partial charge < -0.3 is 19.3 Å². The van der Waals surface area contributed by atoms with Crippen LogP contribution in [0.2, 0.25) is 0 Å². The number of aliphatic hydroxyl groups is 1. The Labute approximate surface area is 190 Å². The fourth-order valence-electron chi connectivity index (χ4n) is 4.40. The van der Waals surface area contributed by atoms with E-state index in [1.165, 1.54) is 24.8 Å². The molecule has 1 aliphatic heterocycles. The summed E-state index contributed by atoms with van der Waals surface area (Å²) >= 11 is 0. The van der Waals surface area contributed by atoms with Gasteiger partial charge in [0.05, 0.1) is 18.3 Å². The summed E-state index contributed by atoms with van der Waals surface area (Å²) in [6, 6.07) is 20.6. The number of aliphatic hydroxyl groups excluding tert-OH is 1. The summed E-state index contributed by atoms with van der Waals surface area (Å²) in [5.74, 6) is 0.864. The van der Waals surface area contributed by atoms with Crippen LogP contribution in [0.25, 0.3) is 11.3 Å². The second-order valence-electron chi connectivity index (χ2n) is 8.49. The number of anilines is 1. The molecule has 0 aliphatic carbocycles.